The van der Waals surface area contributed by atoms with Gasteiger partial charge >= 0.3 is 0 Å². The van der Waals surface area contributed by atoms with E-state index >= 15 is 0 Å². The maximum Gasteiger partial charge on any atom is 0.243 e. The molecule has 100 valence electrons. The molecule has 1 fully saturated rings. The number of sulfonamides is 1. The lowest BCUT2D eigenvalue weighted by Gasteiger charge is -2.37. The van der Waals surface area contributed by atoms with Gasteiger partial charge in [-0.3, -0.25) is 0 Å². The summed E-state index contributed by atoms with van der Waals surface area (Å²) in [5, 5.41) is 0. The lowest BCUT2D eigenvalue weighted by atomic mass is 10.2. The van der Waals surface area contributed by atoms with Crippen LogP contribution in [-0.4, -0.2) is 38.0 Å². The van der Waals surface area contributed by atoms with Crippen molar-refractivity contribution in [1.82, 2.24) is 4.31 Å². The summed E-state index contributed by atoms with van der Waals surface area (Å²) in [5.41, 5.74) is 0. The van der Waals surface area contributed by atoms with Gasteiger partial charge in [0.2, 0.25) is 10.0 Å². The SMILES string of the molecule is CC1COCC(C)N1S(=O)(=O)c1ccc(Br)cc1. The average molecular weight is 334 g/mol. The number of hydrogen-bond donors (Lipinski definition) is 0. The Labute approximate surface area is 116 Å². The zero-order valence-electron chi connectivity index (χ0n) is 10.3. The molecule has 1 heterocycles. The first-order valence-corrected chi connectivity index (χ1v) is 8.03. The van der Waals surface area contributed by atoms with Crippen molar-refractivity contribution in [2.75, 3.05) is 13.2 Å². The van der Waals surface area contributed by atoms with Crippen LogP contribution in [0.4, 0.5) is 0 Å². The van der Waals surface area contributed by atoms with E-state index in [9.17, 15) is 8.42 Å². The van der Waals surface area contributed by atoms with E-state index in [1.54, 1.807) is 28.6 Å². The van der Waals surface area contributed by atoms with Crippen molar-refractivity contribution in [3.8, 4) is 0 Å². The maximum absolute atomic E-state index is 12.6. The molecule has 0 aliphatic carbocycles. The lowest BCUT2D eigenvalue weighted by Crippen LogP contribution is -2.52. The molecule has 0 bridgehead atoms. The Morgan fingerprint density at radius 2 is 1.67 bits per heavy atom. The third-order valence-corrected chi connectivity index (χ3v) is 5.65. The molecule has 4 nitrogen and oxygen atoms in total. The van der Waals surface area contributed by atoms with Crippen molar-refractivity contribution in [3.63, 3.8) is 0 Å². The van der Waals surface area contributed by atoms with Crippen molar-refractivity contribution in [3.05, 3.63) is 28.7 Å². The lowest BCUT2D eigenvalue weighted by molar-refractivity contribution is 0.00636. The van der Waals surface area contributed by atoms with Gasteiger partial charge in [0.15, 0.2) is 0 Å². The summed E-state index contributed by atoms with van der Waals surface area (Å²) in [4.78, 5) is 0.325. The van der Waals surface area contributed by atoms with Crippen LogP contribution in [0.1, 0.15) is 13.8 Å². The van der Waals surface area contributed by atoms with Crippen LogP contribution in [0.5, 0.6) is 0 Å². The van der Waals surface area contributed by atoms with E-state index in [1.165, 1.54) is 0 Å². The number of rotatable bonds is 2. The predicted molar refractivity (Wildman–Crippen MR) is 72.9 cm³/mol. The van der Waals surface area contributed by atoms with Crippen LogP contribution < -0.4 is 0 Å². The van der Waals surface area contributed by atoms with Gasteiger partial charge in [-0.15, -0.1) is 0 Å². The Morgan fingerprint density at radius 1 is 1.17 bits per heavy atom. The van der Waals surface area contributed by atoms with Crippen molar-refractivity contribution < 1.29 is 13.2 Å². The Morgan fingerprint density at radius 3 is 2.17 bits per heavy atom. The van der Waals surface area contributed by atoms with Crippen LogP contribution in [0.3, 0.4) is 0 Å². The third-order valence-electron chi connectivity index (χ3n) is 2.98. The second-order valence-electron chi connectivity index (χ2n) is 4.52. The van der Waals surface area contributed by atoms with E-state index in [2.05, 4.69) is 15.9 Å². The summed E-state index contributed by atoms with van der Waals surface area (Å²) in [5.74, 6) is 0. The number of nitrogens with zero attached hydrogens (tertiary/aromatic N) is 1. The molecule has 2 atom stereocenters. The molecule has 18 heavy (non-hydrogen) atoms. The van der Waals surface area contributed by atoms with E-state index in [-0.39, 0.29) is 12.1 Å². The number of halogens is 1. The van der Waals surface area contributed by atoms with Gasteiger partial charge < -0.3 is 4.74 Å². The van der Waals surface area contributed by atoms with Gasteiger partial charge in [0.1, 0.15) is 0 Å². The maximum atomic E-state index is 12.6. The van der Waals surface area contributed by atoms with Gasteiger partial charge in [-0.1, -0.05) is 15.9 Å². The standard InChI is InChI=1S/C12H16BrNO3S/c1-9-7-17-8-10(2)14(9)18(15,16)12-5-3-11(13)4-6-12/h3-6,9-10H,7-8H2,1-2H3. The average Bonchev–Trinajstić information content (AvgIpc) is 2.29. The molecular formula is C12H16BrNO3S. The molecule has 2 unspecified atom stereocenters. The van der Waals surface area contributed by atoms with Crippen LogP contribution in [0.2, 0.25) is 0 Å². The monoisotopic (exact) mass is 333 g/mol. The summed E-state index contributed by atoms with van der Waals surface area (Å²) in [6.07, 6.45) is 0. The molecular weight excluding hydrogens is 318 g/mol. The molecule has 0 saturated carbocycles. The highest BCUT2D eigenvalue weighted by atomic mass is 79.9. The van der Waals surface area contributed by atoms with Gasteiger partial charge in [0.05, 0.1) is 18.1 Å². The summed E-state index contributed by atoms with van der Waals surface area (Å²) in [6, 6.07) is 6.44. The third kappa shape index (κ3) is 2.61. The second kappa shape index (κ2) is 5.28. The number of hydrogen-bond acceptors (Lipinski definition) is 3. The predicted octanol–water partition coefficient (Wildman–Crippen LogP) is 2.25. The normalized spacial score (nSPS) is 26.2. The van der Waals surface area contributed by atoms with Gasteiger partial charge in [-0.25, -0.2) is 8.42 Å². The molecule has 0 spiro atoms. The summed E-state index contributed by atoms with van der Waals surface area (Å²) >= 11 is 3.30. The molecule has 0 amide bonds. The Bertz CT molecular complexity index is 505. The van der Waals surface area contributed by atoms with Crippen molar-refractivity contribution in [2.45, 2.75) is 30.8 Å². The molecule has 0 N–H and O–H groups in total. The zero-order chi connectivity index (χ0) is 13.3. The zero-order valence-corrected chi connectivity index (χ0v) is 12.7. The number of benzene rings is 1. The van der Waals surface area contributed by atoms with Crippen molar-refractivity contribution >= 4 is 26.0 Å². The Kier molecular flexibility index (Phi) is 4.11. The fourth-order valence-electron chi connectivity index (χ4n) is 2.19. The molecule has 1 aliphatic heterocycles. The van der Waals surface area contributed by atoms with Crippen LogP contribution in [0.15, 0.2) is 33.6 Å². The molecule has 2 rings (SSSR count). The molecule has 1 saturated heterocycles. The second-order valence-corrected chi connectivity index (χ2v) is 7.28. The van der Waals surface area contributed by atoms with E-state index < -0.39 is 10.0 Å². The van der Waals surface area contributed by atoms with Gasteiger partial charge in [0.25, 0.3) is 0 Å². The van der Waals surface area contributed by atoms with E-state index in [1.807, 2.05) is 13.8 Å². The van der Waals surface area contributed by atoms with E-state index in [4.69, 9.17) is 4.74 Å². The minimum Gasteiger partial charge on any atom is -0.378 e. The summed E-state index contributed by atoms with van der Waals surface area (Å²) in [7, 11) is -3.44. The van der Waals surface area contributed by atoms with Gasteiger partial charge in [-0.2, -0.15) is 4.31 Å². The van der Waals surface area contributed by atoms with Gasteiger partial charge in [0, 0.05) is 16.6 Å². The largest absolute Gasteiger partial charge is 0.378 e. The molecule has 0 radical (unpaired) electrons. The van der Waals surface area contributed by atoms with Crippen LogP contribution >= 0.6 is 15.9 Å². The Balaban J connectivity index is 2.38. The highest BCUT2D eigenvalue weighted by Crippen LogP contribution is 2.25. The Hall–Kier alpha value is -0.430. The van der Waals surface area contributed by atoms with Gasteiger partial charge in [-0.05, 0) is 38.1 Å². The molecule has 1 aliphatic rings. The van der Waals surface area contributed by atoms with Crippen LogP contribution in [0, 0.1) is 0 Å². The first-order valence-electron chi connectivity index (χ1n) is 5.80. The van der Waals surface area contributed by atoms with Crippen LogP contribution in [-0.2, 0) is 14.8 Å². The minimum atomic E-state index is -3.44. The fourth-order valence-corrected chi connectivity index (χ4v) is 4.25. The minimum absolute atomic E-state index is 0.137. The topological polar surface area (TPSA) is 46.6 Å². The fraction of sp³-hybridized carbons (Fsp3) is 0.500. The van der Waals surface area contributed by atoms with Crippen molar-refractivity contribution in [1.29, 1.82) is 0 Å². The summed E-state index contributed by atoms with van der Waals surface area (Å²) in [6.45, 7) is 4.62. The van der Waals surface area contributed by atoms with Crippen molar-refractivity contribution in [2.24, 2.45) is 0 Å². The number of ether oxygens (including phenoxy) is 1. The molecule has 6 heteroatoms. The smallest absolute Gasteiger partial charge is 0.243 e. The highest BCUT2D eigenvalue weighted by molar-refractivity contribution is 9.10. The molecule has 0 aromatic heterocycles. The molecule has 1 aromatic rings. The molecule has 1 aromatic carbocycles. The quantitative estimate of drug-likeness (QED) is 0.833. The highest BCUT2D eigenvalue weighted by Gasteiger charge is 2.36. The first-order chi connectivity index (χ1) is 8.43. The number of morpholine rings is 1. The summed E-state index contributed by atoms with van der Waals surface area (Å²) < 4.78 is 32.9. The van der Waals surface area contributed by atoms with E-state index in [0.717, 1.165) is 4.47 Å². The first kappa shape index (κ1) is 14.0. The van der Waals surface area contributed by atoms with E-state index in [0.29, 0.717) is 18.1 Å². The van der Waals surface area contributed by atoms with Crippen LogP contribution in [0.25, 0.3) is 0 Å².